The average Bonchev–Trinajstić information content (AvgIpc) is 2.76. The third-order valence-electron chi connectivity index (χ3n) is 2.83. The van der Waals surface area contributed by atoms with Crippen LogP contribution >= 0.6 is 27.5 Å². The summed E-state index contributed by atoms with van der Waals surface area (Å²) in [6.07, 6.45) is 3.54. The zero-order chi connectivity index (χ0) is 14.9. The molecule has 4 nitrogen and oxygen atoms in total. The normalized spacial score (nSPS) is 10.9. The first-order valence-electron chi connectivity index (χ1n) is 6.19. The first-order chi connectivity index (χ1) is 9.38. The minimum Gasteiger partial charge on any atom is -0.340 e. The molecule has 20 heavy (non-hydrogen) atoms. The molecule has 0 saturated carbocycles. The number of amides is 1. The van der Waals surface area contributed by atoms with E-state index in [0.717, 1.165) is 10.0 Å². The van der Waals surface area contributed by atoms with Crippen molar-refractivity contribution in [2.24, 2.45) is 0 Å². The lowest BCUT2D eigenvalue weighted by molar-refractivity contribution is 0.101. The van der Waals surface area contributed by atoms with Crippen LogP contribution in [0.1, 0.15) is 35.9 Å². The average molecular weight is 357 g/mol. The Bertz CT molecular complexity index is 652. The predicted octanol–water partition coefficient (Wildman–Crippen LogP) is 4.44. The van der Waals surface area contributed by atoms with E-state index < -0.39 is 0 Å². The molecule has 0 atom stereocenters. The number of anilines is 1. The van der Waals surface area contributed by atoms with Crippen LogP contribution in [-0.4, -0.2) is 15.5 Å². The monoisotopic (exact) mass is 355 g/mol. The minimum atomic E-state index is -0.210. The van der Waals surface area contributed by atoms with Crippen molar-refractivity contribution in [2.45, 2.75) is 26.8 Å². The van der Waals surface area contributed by atoms with Gasteiger partial charge in [-0.3, -0.25) is 4.79 Å². The van der Waals surface area contributed by atoms with Crippen molar-refractivity contribution >= 4 is 39.1 Å². The summed E-state index contributed by atoms with van der Waals surface area (Å²) < 4.78 is 2.76. The number of nitrogens with zero attached hydrogens (tertiary/aromatic N) is 2. The molecule has 0 bridgehead atoms. The molecule has 0 aliphatic heterocycles. The molecule has 0 unspecified atom stereocenters. The summed E-state index contributed by atoms with van der Waals surface area (Å²) in [5, 5.41) is 3.08. The Kier molecular flexibility index (Phi) is 4.50. The fourth-order valence-electron chi connectivity index (χ4n) is 1.88. The number of hydrogen-bond acceptors (Lipinski definition) is 2. The number of aryl methyl sites for hydroxylation is 1. The summed E-state index contributed by atoms with van der Waals surface area (Å²) in [6.45, 7) is 5.93. The SMILES string of the molecule is Cc1cnc(Cl)c(NC(=O)c2cc(Br)cn2C(C)C)c1. The summed E-state index contributed by atoms with van der Waals surface area (Å²) in [7, 11) is 0. The van der Waals surface area contributed by atoms with Crippen molar-refractivity contribution in [1.29, 1.82) is 0 Å². The maximum Gasteiger partial charge on any atom is 0.272 e. The van der Waals surface area contributed by atoms with E-state index in [9.17, 15) is 4.79 Å². The van der Waals surface area contributed by atoms with Gasteiger partial charge in [-0.2, -0.15) is 0 Å². The van der Waals surface area contributed by atoms with E-state index in [0.29, 0.717) is 11.4 Å². The van der Waals surface area contributed by atoms with Crippen molar-refractivity contribution in [1.82, 2.24) is 9.55 Å². The van der Waals surface area contributed by atoms with E-state index in [-0.39, 0.29) is 17.1 Å². The Morgan fingerprint density at radius 3 is 2.80 bits per heavy atom. The fourth-order valence-corrected chi connectivity index (χ4v) is 2.47. The lowest BCUT2D eigenvalue weighted by Crippen LogP contribution is -2.18. The van der Waals surface area contributed by atoms with Gasteiger partial charge in [0.25, 0.3) is 5.91 Å². The van der Waals surface area contributed by atoms with Crippen LogP contribution in [-0.2, 0) is 0 Å². The van der Waals surface area contributed by atoms with Crippen LogP contribution < -0.4 is 5.32 Å². The summed E-state index contributed by atoms with van der Waals surface area (Å²) in [5.74, 6) is -0.210. The maximum atomic E-state index is 12.4. The Hall–Kier alpha value is -1.33. The molecule has 2 aromatic heterocycles. The highest BCUT2D eigenvalue weighted by Gasteiger charge is 2.16. The molecule has 0 saturated heterocycles. The van der Waals surface area contributed by atoms with Gasteiger partial charge < -0.3 is 9.88 Å². The van der Waals surface area contributed by atoms with Gasteiger partial charge in [0.05, 0.1) is 5.69 Å². The van der Waals surface area contributed by atoms with E-state index in [1.165, 1.54) is 0 Å². The first-order valence-corrected chi connectivity index (χ1v) is 7.36. The molecule has 0 aliphatic rings. The van der Waals surface area contributed by atoms with E-state index in [1.54, 1.807) is 18.3 Å². The minimum absolute atomic E-state index is 0.188. The number of pyridine rings is 1. The number of halogens is 2. The van der Waals surface area contributed by atoms with Crippen molar-refractivity contribution in [3.05, 3.63) is 45.4 Å². The van der Waals surface area contributed by atoms with E-state index >= 15 is 0 Å². The van der Waals surface area contributed by atoms with Gasteiger partial charge in [0.2, 0.25) is 0 Å². The van der Waals surface area contributed by atoms with E-state index in [2.05, 4.69) is 26.2 Å². The molecule has 106 valence electrons. The van der Waals surface area contributed by atoms with Crippen molar-refractivity contribution in [3.63, 3.8) is 0 Å². The first kappa shape index (κ1) is 15.1. The van der Waals surface area contributed by atoms with Crippen LogP contribution in [0.5, 0.6) is 0 Å². The van der Waals surface area contributed by atoms with Gasteiger partial charge in [-0.15, -0.1) is 0 Å². The molecule has 0 spiro atoms. The van der Waals surface area contributed by atoms with E-state index in [1.807, 2.05) is 31.5 Å². The number of carbonyl (C=O) groups is 1. The number of hydrogen-bond donors (Lipinski definition) is 1. The molecule has 1 N–H and O–H groups in total. The van der Waals surface area contributed by atoms with Gasteiger partial charge in [0.1, 0.15) is 5.69 Å². The molecule has 0 aromatic carbocycles. The summed E-state index contributed by atoms with van der Waals surface area (Å²) >= 11 is 9.39. The second-order valence-electron chi connectivity index (χ2n) is 4.85. The van der Waals surface area contributed by atoms with Gasteiger partial charge in [-0.05, 0) is 54.4 Å². The molecular formula is C14H15BrClN3O. The van der Waals surface area contributed by atoms with Gasteiger partial charge in [-0.1, -0.05) is 11.6 Å². The Morgan fingerprint density at radius 2 is 2.15 bits per heavy atom. The third-order valence-corrected chi connectivity index (χ3v) is 3.56. The zero-order valence-corrected chi connectivity index (χ0v) is 13.8. The van der Waals surface area contributed by atoms with Crippen molar-refractivity contribution in [3.8, 4) is 0 Å². The number of aromatic nitrogens is 2. The standard InChI is InChI=1S/C14H15BrClN3O/c1-8(2)19-7-10(15)5-12(19)14(20)18-11-4-9(3)6-17-13(11)16/h4-8H,1-3H3,(H,18,20). The zero-order valence-electron chi connectivity index (χ0n) is 11.4. The second-order valence-corrected chi connectivity index (χ2v) is 6.12. The fraction of sp³-hybridized carbons (Fsp3) is 0.286. The van der Waals surface area contributed by atoms with Gasteiger partial charge in [0, 0.05) is 22.9 Å². The largest absolute Gasteiger partial charge is 0.340 e. The molecule has 0 aliphatic carbocycles. The summed E-state index contributed by atoms with van der Waals surface area (Å²) in [6, 6.07) is 3.77. The van der Waals surface area contributed by atoms with Crippen molar-refractivity contribution < 1.29 is 4.79 Å². The Balaban J connectivity index is 2.31. The predicted molar refractivity (Wildman–Crippen MR) is 84.5 cm³/mol. The smallest absolute Gasteiger partial charge is 0.272 e. The Morgan fingerprint density at radius 1 is 1.45 bits per heavy atom. The molecule has 6 heteroatoms. The molecule has 0 fully saturated rings. The van der Waals surface area contributed by atoms with E-state index in [4.69, 9.17) is 11.6 Å². The van der Waals surface area contributed by atoms with Crippen LogP contribution in [0.4, 0.5) is 5.69 Å². The molecular weight excluding hydrogens is 342 g/mol. The van der Waals surface area contributed by atoms with Crippen LogP contribution in [0, 0.1) is 6.92 Å². The highest BCUT2D eigenvalue weighted by molar-refractivity contribution is 9.10. The van der Waals surface area contributed by atoms with Crippen LogP contribution in [0.3, 0.4) is 0 Å². The molecule has 2 aromatic rings. The summed E-state index contributed by atoms with van der Waals surface area (Å²) in [5.41, 5.74) is 2.03. The van der Waals surface area contributed by atoms with Gasteiger partial charge in [-0.25, -0.2) is 4.98 Å². The number of carbonyl (C=O) groups excluding carboxylic acids is 1. The Labute approximate surface area is 131 Å². The van der Waals surface area contributed by atoms with Crippen LogP contribution in [0.2, 0.25) is 5.15 Å². The topological polar surface area (TPSA) is 46.9 Å². The lowest BCUT2D eigenvalue weighted by atomic mass is 10.3. The van der Waals surface area contributed by atoms with Crippen molar-refractivity contribution in [2.75, 3.05) is 5.32 Å². The number of nitrogens with one attached hydrogen (secondary N) is 1. The van der Waals surface area contributed by atoms with Crippen LogP contribution in [0.25, 0.3) is 0 Å². The highest BCUT2D eigenvalue weighted by Crippen LogP contribution is 2.23. The van der Waals surface area contributed by atoms with Gasteiger partial charge in [0.15, 0.2) is 5.15 Å². The molecule has 2 heterocycles. The molecule has 0 radical (unpaired) electrons. The quantitative estimate of drug-likeness (QED) is 0.826. The maximum absolute atomic E-state index is 12.4. The third kappa shape index (κ3) is 3.22. The second kappa shape index (κ2) is 5.97. The number of rotatable bonds is 3. The molecule has 1 amide bonds. The summed E-state index contributed by atoms with van der Waals surface area (Å²) in [4.78, 5) is 16.4. The van der Waals surface area contributed by atoms with Crippen LogP contribution in [0.15, 0.2) is 29.0 Å². The van der Waals surface area contributed by atoms with Gasteiger partial charge >= 0.3 is 0 Å². The highest BCUT2D eigenvalue weighted by atomic mass is 79.9. The lowest BCUT2D eigenvalue weighted by Gasteiger charge is -2.13. The molecule has 2 rings (SSSR count).